The number of allylic oxidation sites excluding steroid dienone is 1. The van der Waals surface area contributed by atoms with E-state index in [1.54, 1.807) is 6.33 Å². The number of imidazole rings is 1. The highest BCUT2D eigenvalue weighted by atomic mass is 16.6. The van der Waals surface area contributed by atoms with Gasteiger partial charge in [-0.1, -0.05) is 26.3 Å². The lowest BCUT2D eigenvalue weighted by Crippen LogP contribution is -2.53. The van der Waals surface area contributed by atoms with Gasteiger partial charge in [0.25, 0.3) is 0 Å². The predicted molar refractivity (Wildman–Crippen MR) is 110 cm³/mol. The third-order valence-electron chi connectivity index (χ3n) is 6.72. The van der Waals surface area contributed by atoms with E-state index in [0.717, 1.165) is 23.5 Å². The molecule has 2 aliphatic rings. The summed E-state index contributed by atoms with van der Waals surface area (Å²) >= 11 is 0. The summed E-state index contributed by atoms with van der Waals surface area (Å²) in [5, 5.41) is 11.1. The third kappa shape index (κ3) is 3.39. The number of aliphatic hydroxyl groups is 1. The molecule has 6 atom stereocenters. The summed E-state index contributed by atoms with van der Waals surface area (Å²) in [7, 11) is 0. The zero-order valence-electron chi connectivity index (χ0n) is 17.4. The Morgan fingerprint density at radius 3 is 2.76 bits per heavy atom. The van der Waals surface area contributed by atoms with Crippen LogP contribution in [0.1, 0.15) is 45.0 Å². The van der Waals surface area contributed by atoms with Crippen molar-refractivity contribution in [2.75, 3.05) is 0 Å². The van der Waals surface area contributed by atoms with Crippen molar-refractivity contribution in [2.24, 2.45) is 23.7 Å². The molecule has 2 aromatic rings. The minimum Gasteiger partial charge on any atom is -0.460 e. The molecule has 154 valence electrons. The molecule has 0 spiro atoms. The second kappa shape index (κ2) is 7.41. The summed E-state index contributed by atoms with van der Waals surface area (Å²) in [5.41, 5.74) is 1.38. The van der Waals surface area contributed by atoms with Gasteiger partial charge in [0.2, 0.25) is 0 Å². The number of carbonyl (C=O) groups excluding carboxylic acids is 1. The van der Waals surface area contributed by atoms with E-state index < -0.39 is 11.6 Å². The van der Waals surface area contributed by atoms with Crippen LogP contribution in [0.15, 0.2) is 36.9 Å². The summed E-state index contributed by atoms with van der Waals surface area (Å²) in [4.78, 5) is 21.2. The average Bonchev–Trinajstić information content (AvgIpc) is 3.21. The van der Waals surface area contributed by atoms with Crippen molar-refractivity contribution in [1.29, 1.82) is 0 Å². The monoisotopic (exact) mass is 395 g/mol. The van der Waals surface area contributed by atoms with Gasteiger partial charge in [0.1, 0.15) is 6.10 Å². The molecule has 2 aromatic heterocycles. The Labute approximate surface area is 171 Å². The summed E-state index contributed by atoms with van der Waals surface area (Å²) < 4.78 is 7.39. The molecule has 0 amide bonds. The Bertz CT molecular complexity index is 920. The van der Waals surface area contributed by atoms with Crippen LogP contribution in [0.3, 0.4) is 0 Å². The number of pyridine rings is 1. The first kappa shape index (κ1) is 19.8. The van der Waals surface area contributed by atoms with Crippen LogP contribution < -0.4 is 0 Å². The van der Waals surface area contributed by atoms with Crippen LogP contribution in [-0.2, 0) is 9.53 Å². The number of hydrogen-bond donors (Lipinski definition) is 1. The van der Waals surface area contributed by atoms with E-state index in [9.17, 15) is 9.90 Å². The van der Waals surface area contributed by atoms with Crippen LogP contribution in [0.5, 0.6) is 0 Å². The molecule has 6 nitrogen and oxygen atoms in total. The van der Waals surface area contributed by atoms with Gasteiger partial charge in [-0.25, -0.2) is 9.78 Å². The summed E-state index contributed by atoms with van der Waals surface area (Å²) in [5.74, 6) is 0.0108. The molecule has 2 fully saturated rings. The zero-order valence-corrected chi connectivity index (χ0v) is 17.4. The van der Waals surface area contributed by atoms with E-state index >= 15 is 0 Å². The molecular weight excluding hydrogens is 366 g/mol. The average molecular weight is 396 g/mol. The van der Waals surface area contributed by atoms with Crippen LogP contribution in [0.25, 0.3) is 11.8 Å². The van der Waals surface area contributed by atoms with Crippen molar-refractivity contribution >= 4 is 12.0 Å². The fourth-order valence-electron chi connectivity index (χ4n) is 5.37. The van der Waals surface area contributed by atoms with Gasteiger partial charge >= 0.3 is 5.97 Å². The largest absolute Gasteiger partial charge is 0.460 e. The van der Waals surface area contributed by atoms with Gasteiger partial charge in [-0.3, -0.25) is 4.98 Å². The molecule has 6 heteroatoms. The van der Waals surface area contributed by atoms with E-state index in [4.69, 9.17) is 4.74 Å². The second-order valence-electron chi connectivity index (χ2n) is 8.61. The molecule has 5 unspecified atom stereocenters. The van der Waals surface area contributed by atoms with Gasteiger partial charge in [-0.05, 0) is 56.2 Å². The van der Waals surface area contributed by atoms with Crippen molar-refractivity contribution in [1.82, 2.24) is 14.5 Å². The highest BCUT2D eigenvalue weighted by Gasteiger charge is 2.62. The van der Waals surface area contributed by atoms with E-state index in [1.165, 1.54) is 0 Å². The molecule has 0 aromatic carbocycles. The fourth-order valence-corrected chi connectivity index (χ4v) is 5.37. The van der Waals surface area contributed by atoms with Gasteiger partial charge in [-0.2, -0.15) is 0 Å². The van der Waals surface area contributed by atoms with E-state index in [1.807, 2.05) is 49.0 Å². The van der Waals surface area contributed by atoms with Gasteiger partial charge in [0.15, 0.2) is 5.60 Å². The molecule has 1 N–H and O–H groups in total. The Balaban J connectivity index is 1.60. The number of cyclic esters (lactones) is 1. The summed E-state index contributed by atoms with van der Waals surface area (Å²) in [6.45, 7) is 8.15. The SMILES string of the molecule is CCC1C(C)CC2(O)C(=O)O[C@H](C)C2C1/C=C/c1ccc(-n2cnc(C)c2)cn1. The minimum absolute atomic E-state index is 0.0629. The van der Waals surface area contributed by atoms with Gasteiger partial charge in [-0.15, -0.1) is 0 Å². The number of ether oxygens (including phenoxy) is 1. The van der Waals surface area contributed by atoms with E-state index in [0.29, 0.717) is 12.3 Å². The zero-order chi connectivity index (χ0) is 20.8. The first-order chi connectivity index (χ1) is 13.8. The molecule has 3 heterocycles. The molecule has 0 bridgehead atoms. The number of nitrogens with zero attached hydrogens (tertiary/aromatic N) is 3. The lowest BCUT2D eigenvalue weighted by atomic mass is 9.59. The number of esters is 1. The number of hydrogen-bond acceptors (Lipinski definition) is 5. The van der Waals surface area contributed by atoms with E-state index in [-0.39, 0.29) is 23.9 Å². The number of aromatic nitrogens is 3. The smallest absolute Gasteiger partial charge is 0.338 e. The molecule has 29 heavy (non-hydrogen) atoms. The third-order valence-corrected chi connectivity index (χ3v) is 6.72. The van der Waals surface area contributed by atoms with Crippen molar-refractivity contribution in [3.8, 4) is 5.69 Å². The highest BCUT2D eigenvalue weighted by Crippen LogP contribution is 2.52. The molecule has 1 aliphatic carbocycles. The number of aryl methyl sites for hydroxylation is 1. The predicted octanol–water partition coefficient (Wildman–Crippen LogP) is 3.56. The quantitative estimate of drug-likeness (QED) is 0.801. The normalized spacial score (nSPS) is 34.4. The van der Waals surface area contributed by atoms with Crippen LogP contribution in [-0.4, -0.2) is 37.3 Å². The van der Waals surface area contributed by atoms with Crippen LogP contribution in [0.2, 0.25) is 0 Å². The number of rotatable bonds is 4. The number of carbonyl (C=O) groups is 1. The van der Waals surface area contributed by atoms with Crippen LogP contribution >= 0.6 is 0 Å². The first-order valence-electron chi connectivity index (χ1n) is 10.4. The summed E-state index contributed by atoms with van der Waals surface area (Å²) in [6, 6.07) is 3.98. The van der Waals surface area contributed by atoms with Crippen molar-refractivity contribution in [2.45, 2.75) is 52.2 Å². The molecule has 1 saturated heterocycles. The molecule has 1 saturated carbocycles. The maximum Gasteiger partial charge on any atom is 0.338 e. The molecular formula is C23H29N3O3. The lowest BCUT2D eigenvalue weighted by Gasteiger charge is -2.45. The van der Waals surface area contributed by atoms with Crippen LogP contribution in [0, 0.1) is 30.6 Å². The van der Waals surface area contributed by atoms with Gasteiger partial charge < -0.3 is 14.4 Å². The van der Waals surface area contributed by atoms with Crippen molar-refractivity contribution < 1.29 is 14.6 Å². The minimum atomic E-state index is -1.38. The molecule has 1 aliphatic heterocycles. The maximum atomic E-state index is 12.4. The fraction of sp³-hybridized carbons (Fsp3) is 0.522. The van der Waals surface area contributed by atoms with E-state index in [2.05, 4.69) is 29.9 Å². The lowest BCUT2D eigenvalue weighted by molar-refractivity contribution is -0.160. The first-order valence-corrected chi connectivity index (χ1v) is 10.4. The van der Waals surface area contributed by atoms with Crippen molar-refractivity contribution in [3.63, 3.8) is 0 Å². The molecule has 4 rings (SSSR count). The number of fused-ring (bicyclic) bond motifs is 1. The van der Waals surface area contributed by atoms with Gasteiger partial charge in [0.05, 0.1) is 29.6 Å². The highest BCUT2D eigenvalue weighted by molar-refractivity contribution is 5.82. The Morgan fingerprint density at radius 2 is 2.14 bits per heavy atom. The Kier molecular flexibility index (Phi) is 5.07. The summed E-state index contributed by atoms with van der Waals surface area (Å²) in [6.07, 6.45) is 10.9. The topological polar surface area (TPSA) is 77.2 Å². The standard InChI is InChI=1S/C23H29N3O3/c1-5-19-14(2)10-23(28)21(16(4)29-22(23)27)20(19)9-7-17-6-8-18(11-24-17)26-12-15(3)25-13-26/h6-9,11-14,16,19-21,28H,5,10H2,1-4H3/b9-7+/t14?,16-,19?,20?,21?,23?/m1/s1. The van der Waals surface area contributed by atoms with Crippen molar-refractivity contribution in [3.05, 3.63) is 48.3 Å². The Hall–Kier alpha value is -2.47. The maximum absolute atomic E-state index is 12.4. The van der Waals surface area contributed by atoms with Gasteiger partial charge in [0, 0.05) is 12.1 Å². The van der Waals surface area contributed by atoms with Crippen LogP contribution in [0.4, 0.5) is 0 Å². The second-order valence-corrected chi connectivity index (χ2v) is 8.61. The molecule has 0 radical (unpaired) electrons. The Morgan fingerprint density at radius 1 is 1.34 bits per heavy atom.